The molecule has 8 heteroatoms. The van der Waals surface area contributed by atoms with Gasteiger partial charge in [-0.1, -0.05) is 36.4 Å². The second-order valence-electron chi connectivity index (χ2n) is 5.35. The first-order chi connectivity index (χ1) is 11.8. The normalized spacial score (nSPS) is 10.3. The Balaban J connectivity index is 2.55. The van der Waals surface area contributed by atoms with E-state index in [0.717, 1.165) is 10.5 Å². The van der Waals surface area contributed by atoms with E-state index in [1.54, 1.807) is 6.07 Å². The number of guanidine groups is 1. The van der Waals surface area contributed by atoms with E-state index < -0.39 is 10.8 Å². The molecule has 0 bridgehead atoms. The molecule has 0 saturated heterocycles. The molecule has 0 aliphatic carbocycles. The maximum absolute atomic E-state index is 12.1. The molecule has 2 aromatic rings. The van der Waals surface area contributed by atoms with Crippen LogP contribution in [-0.2, 0) is 6.42 Å². The summed E-state index contributed by atoms with van der Waals surface area (Å²) in [5, 5.41) is 11.5. The zero-order valence-electron chi connectivity index (χ0n) is 13.9. The summed E-state index contributed by atoms with van der Waals surface area (Å²) in [6.45, 7) is 3.81. The van der Waals surface area contributed by atoms with Gasteiger partial charge in [-0.05, 0) is 37.1 Å². The van der Waals surface area contributed by atoms with Crippen LogP contribution in [0.15, 0.2) is 51.2 Å². The molecule has 4 N–H and O–H groups in total. The van der Waals surface area contributed by atoms with Crippen LogP contribution in [0.1, 0.15) is 28.4 Å². The number of carbonyl (C=O) groups excluding carboxylic acids is 1. The van der Waals surface area contributed by atoms with Crippen LogP contribution in [0.3, 0.4) is 0 Å². The standard InChI is InChI=1S/C17H18N4O3S/c1-3-11-8-15(25-12-6-4-5-10(2)7-12)14(21(23)24)9-13(11)16(22)20-17(18)19/h4-9H,3H2,1-2H3,(H4,18,19,20,22). The fourth-order valence-electron chi connectivity index (χ4n) is 2.31. The van der Waals surface area contributed by atoms with Crippen molar-refractivity contribution in [1.29, 1.82) is 0 Å². The molecule has 0 unspecified atom stereocenters. The largest absolute Gasteiger partial charge is 0.370 e. The van der Waals surface area contributed by atoms with E-state index in [2.05, 4.69) is 4.99 Å². The highest BCUT2D eigenvalue weighted by molar-refractivity contribution is 7.99. The predicted molar refractivity (Wildman–Crippen MR) is 97.9 cm³/mol. The summed E-state index contributed by atoms with van der Waals surface area (Å²) < 4.78 is 0. The summed E-state index contributed by atoms with van der Waals surface area (Å²) in [7, 11) is 0. The van der Waals surface area contributed by atoms with Crippen LogP contribution in [0.25, 0.3) is 0 Å². The van der Waals surface area contributed by atoms with Gasteiger partial charge in [0.05, 0.1) is 15.4 Å². The first kappa shape index (κ1) is 18.5. The molecular formula is C17H18N4O3S. The summed E-state index contributed by atoms with van der Waals surface area (Å²) in [4.78, 5) is 27.9. The zero-order chi connectivity index (χ0) is 18.6. The zero-order valence-corrected chi connectivity index (χ0v) is 14.7. The molecule has 25 heavy (non-hydrogen) atoms. The van der Waals surface area contributed by atoms with Gasteiger partial charge in [-0.25, -0.2) is 0 Å². The van der Waals surface area contributed by atoms with E-state index in [1.165, 1.54) is 17.8 Å². The van der Waals surface area contributed by atoms with Crippen molar-refractivity contribution in [2.45, 2.75) is 30.1 Å². The SMILES string of the molecule is CCc1cc(Sc2cccc(C)c2)c([N+](=O)[O-])cc1C(=O)N=C(N)N. The maximum atomic E-state index is 12.1. The van der Waals surface area contributed by atoms with Crippen LogP contribution in [0.4, 0.5) is 5.69 Å². The average Bonchev–Trinajstić information content (AvgIpc) is 2.53. The van der Waals surface area contributed by atoms with Crippen LogP contribution in [0.5, 0.6) is 0 Å². The highest BCUT2D eigenvalue weighted by Gasteiger charge is 2.22. The maximum Gasteiger partial charge on any atom is 0.284 e. The van der Waals surface area contributed by atoms with Crippen molar-refractivity contribution in [1.82, 2.24) is 0 Å². The Hall–Kier alpha value is -2.87. The van der Waals surface area contributed by atoms with Crippen molar-refractivity contribution < 1.29 is 9.72 Å². The third-order valence-electron chi connectivity index (χ3n) is 3.44. The average molecular weight is 358 g/mol. The molecule has 1 amide bonds. The second-order valence-corrected chi connectivity index (χ2v) is 6.46. The summed E-state index contributed by atoms with van der Waals surface area (Å²) in [5.74, 6) is -1.07. The third kappa shape index (κ3) is 4.57. The Bertz CT molecular complexity index is 861. The number of aryl methyl sites for hydroxylation is 2. The third-order valence-corrected chi connectivity index (χ3v) is 4.48. The number of hydrogen-bond acceptors (Lipinski definition) is 4. The first-order valence-electron chi connectivity index (χ1n) is 7.51. The van der Waals surface area contributed by atoms with Crippen LogP contribution >= 0.6 is 11.8 Å². The first-order valence-corrected chi connectivity index (χ1v) is 8.33. The number of rotatable bonds is 5. The minimum atomic E-state index is -0.688. The van der Waals surface area contributed by atoms with Gasteiger partial charge < -0.3 is 11.5 Å². The number of nitro groups is 1. The van der Waals surface area contributed by atoms with Crippen molar-refractivity contribution in [3.8, 4) is 0 Å². The topological polar surface area (TPSA) is 125 Å². The van der Waals surface area contributed by atoms with Gasteiger partial charge in [0.1, 0.15) is 0 Å². The lowest BCUT2D eigenvalue weighted by molar-refractivity contribution is -0.387. The van der Waals surface area contributed by atoms with Gasteiger partial charge in [-0.2, -0.15) is 4.99 Å². The molecule has 2 rings (SSSR count). The molecule has 0 saturated carbocycles. The Kier molecular flexibility index (Phi) is 5.76. The highest BCUT2D eigenvalue weighted by Crippen LogP contribution is 2.37. The molecule has 2 aromatic carbocycles. The fraction of sp³-hybridized carbons (Fsp3) is 0.176. The number of aliphatic imine (C=N–C) groups is 1. The summed E-state index contributed by atoms with van der Waals surface area (Å²) in [6, 6.07) is 10.6. The lowest BCUT2D eigenvalue weighted by Gasteiger charge is -2.10. The van der Waals surface area contributed by atoms with E-state index in [0.29, 0.717) is 16.9 Å². The van der Waals surface area contributed by atoms with E-state index in [4.69, 9.17) is 11.5 Å². The number of amides is 1. The van der Waals surface area contributed by atoms with Gasteiger partial charge in [0.15, 0.2) is 5.96 Å². The Morgan fingerprint density at radius 3 is 2.56 bits per heavy atom. The van der Waals surface area contributed by atoms with Crippen LogP contribution in [0, 0.1) is 17.0 Å². The number of nitrogens with two attached hydrogens (primary N) is 2. The van der Waals surface area contributed by atoms with Gasteiger partial charge in [0, 0.05) is 11.0 Å². The van der Waals surface area contributed by atoms with Crippen molar-refractivity contribution in [3.05, 3.63) is 63.2 Å². The number of carbonyl (C=O) groups is 1. The fourth-order valence-corrected chi connectivity index (χ4v) is 3.39. The van der Waals surface area contributed by atoms with Crippen molar-refractivity contribution in [2.24, 2.45) is 16.5 Å². The van der Waals surface area contributed by atoms with Gasteiger partial charge >= 0.3 is 0 Å². The summed E-state index contributed by atoms with van der Waals surface area (Å²) in [5.41, 5.74) is 12.2. The molecular weight excluding hydrogens is 340 g/mol. The number of benzene rings is 2. The van der Waals surface area contributed by atoms with E-state index in [-0.39, 0.29) is 17.2 Å². The van der Waals surface area contributed by atoms with Crippen LogP contribution in [0.2, 0.25) is 0 Å². The van der Waals surface area contributed by atoms with E-state index in [1.807, 2.05) is 38.1 Å². The predicted octanol–water partition coefficient (Wildman–Crippen LogP) is 3.03. The molecule has 0 radical (unpaired) electrons. The van der Waals surface area contributed by atoms with Crippen molar-refractivity contribution in [3.63, 3.8) is 0 Å². The summed E-state index contributed by atoms with van der Waals surface area (Å²) in [6.07, 6.45) is 0.514. The highest BCUT2D eigenvalue weighted by atomic mass is 32.2. The smallest absolute Gasteiger partial charge is 0.284 e. The van der Waals surface area contributed by atoms with Gasteiger partial charge in [-0.15, -0.1) is 0 Å². The molecule has 0 fully saturated rings. The van der Waals surface area contributed by atoms with Crippen LogP contribution in [-0.4, -0.2) is 16.8 Å². The van der Waals surface area contributed by atoms with E-state index >= 15 is 0 Å². The van der Waals surface area contributed by atoms with Crippen molar-refractivity contribution >= 4 is 29.3 Å². The van der Waals surface area contributed by atoms with Gasteiger partial charge in [-0.3, -0.25) is 14.9 Å². The second kappa shape index (κ2) is 7.80. The minimum Gasteiger partial charge on any atom is -0.370 e. The van der Waals surface area contributed by atoms with Crippen molar-refractivity contribution in [2.75, 3.05) is 0 Å². The molecule has 130 valence electrons. The lowest BCUT2D eigenvalue weighted by atomic mass is 10.0. The molecule has 0 spiro atoms. The summed E-state index contributed by atoms with van der Waals surface area (Å²) >= 11 is 1.28. The Morgan fingerprint density at radius 1 is 1.28 bits per heavy atom. The van der Waals surface area contributed by atoms with Gasteiger partial charge in [0.25, 0.3) is 11.6 Å². The van der Waals surface area contributed by atoms with E-state index in [9.17, 15) is 14.9 Å². The number of hydrogen-bond donors (Lipinski definition) is 2. The monoisotopic (exact) mass is 358 g/mol. The van der Waals surface area contributed by atoms with Gasteiger partial charge in [0.2, 0.25) is 0 Å². The van der Waals surface area contributed by atoms with Crippen LogP contribution < -0.4 is 11.5 Å². The molecule has 7 nitrogen and oxygen atoms in total. The molecule has 0 atom stereocenters. The Morgan fingerprint density at radius 2 is 2.00 bits per heavy atom. The number of nitrogens with zero attached hydrogens (tertiary/aromatic N) is 2. The number of nitro benzene ring substituents is 1. The lowest BCUT2D eigenvalue weighted by Crippen LogP contribution is -2.24. The molecule has 0 heterocycles. The Labute approximate surface area is 149 Å². The molecule has 0 aromatic heterocycles. The molecule has 0 aliphatic rings. The quantitative estimate of drug-likeness (QED) is 0.366. The minimum absolute atomic E-state index is 0.135. The molecule has 0 aliphatic heterocycles.